The summed E-state index contributed by atoms with van der Waals surface area (Å²) in [6.07, 6.45) is 1.30. The van der Waals surface area contributed by atoms with Gasteiger partial charge in [-0.3, -0.25) is 14.9 Å². The number of non-ortho nitro benzene ring substituents is 1. The Morgan fingerprint density at radius 2 is 2.04 bits per heavy atom. The molecule has 0 heterocycles. The van der Waals surface area contributed by atoms with Crippen molar-refractivity contribution in [2.75, 3.05) is 6.61 Å². The van der Waals surface area contributed by atoms with Crippen molar-refractivity contribution < 1.29 is 19.6 Å². The number of phenols is 1. The second-order valence-corrected chi connectivity index (χ2v) is 5.45. The first kappa shape index (κ1) is 17.4. The first-order valence-electron chi connectivity index (χ1n) is 6.63. The third kappa shape index (κ3) is 5.06. The number of hydrazone groups is 1. The van der Waals surface area contributed by atoms with Crippen molar-refractivity contribution in [2.45, 2.75) is 0 Å². The molecular formula is C15H12BrN3O5. The standard InChI is InChI=1S/C15H12BrN3O5/c16-11-1-6-14(20)10(7-11)8-17-18-15(21)9-24-13-4-2-12(3-5-13)19(22)23/h1-8,20H,9H2,(H,18,21). The van der Waals surface area contributed by atoms with Gasteiger partial charge >= 0.3 is 0 Å². The highest BCUT2D eigenvalue weighted by molar-refractivity contribution is 9.10. The normalized spacial score (nSPS) is 10.5. The summed E-state index contributed by atoms with van der Waals surface area (Å²) in [7, 11) is 0. The van der Waals surface area contributed by atoms with Gasteiger partial charge in [0.15, 0.2) is 6.61 Å². The lowest BCUT2D eigenvalue weighted by Crippen LogP contribution is -2.24. The smallest absolute Gasteiger partial charge is 0.277 e. The van der Waals surface area contributed by atoms with E-state index >= 15 is 0 Å². The second-order valence-electron chi connectivity index (χ2n) is 4.54. The van der Waals surface area contributed by atoms with Crippen LogP contribution in [0.1, 0.15) is 5.56 Å². The maximum atomic E-state index is 11.6. The number of phenolic OH excluding ortho intramolecular Hbond substituents is 1. The molecule has 0 aliphatic carbocycles. The Labute approximate surface area is 145 Å². The molecule has 2 N–H and O–H groups in total. The van der Waals surface area contributed by atoms with E-state index in [1.165, 1.54) is 36.5 Å². The van der Waals surface area contributed by atoms with Gasteiger partial charge in [-0.2, -0.15) is 5.10 Å². The van der Waals surface area contributed by atoms with Gasteiger partial charge in [0, 0.05) is 22.2 Å². The number of aromatic hydroxyl groups is 1. The van der Waals surface area contributed by atoms with Gasteiger partial charge in [-0.25, -0.2) is 5.43 Å². The average Bonchev–Trinajstić information content (AvgIpc) is 2.56. The highest BCUT2D eigenvalue weighted by Crippen LogP contribution is 2.20. The maximum absolute atomic E-state index is 11.6. The molecule has 0 bridgehead atoms. The zero-order chi connectivity index (χ0) is 17.5. The monoisotopic (exact) mass is 393 g/mol. The summed E-state index contributed by atoms with van der Waals surface area (Å²) in [6, 6.07) is 10.2. The van der Waals surface area contributed by atoms with Crippen LogP contribution in [0.4, 0.5) is 5.69 Å². The second kappa shape index (κ2) is 8.06. The SMILES string of the molecule is O=C(COc1ccc([N+](=O)[O-])cc1)NN=Cc1cc(Br)ccc1O. The minimum absolute atomic E-state index is 0.0262. The number of nitrogens with zero attached hydrogens (tertiary/aromatic N) is 2. The molecule has 0 aromatic heterocycles. The molecule has 8 nitrogen and oxygen atoms in total. The third-order valence-corrected chi connectivity index (χ3v) is 3.29. The van der Waals surface area contributed by atoms with Crippen LogP contribution < -0.4 is 10.2 Å². The average molecular weight is 394 g/mol. The number of nitro benzene ring substituents is 1. The molecule has 0 aliphatic heterocycles. The molecule has 0 unspecified atom stereocenters. The summed E-state index contributed by atoms with van der Waals surface area (Å²) in [5.74, 6) is -0.165. The van der Waals surface area contributed by atoms with Crippen LogP contribution in [-0.2, 0) is 4.79 Å². The lowest BCUT2D eigenvalue weighted by Gasteiger charge is -2.04. The van der Waals surface area contributed by atoms with E-state index in [9.17, 15) is 20.0 Å². The zero-order valence-electron chi connectivity index (χ0n) is 12.2. The molecular weight excluding hydrogens is 382 g/mol. The fourth-order valence-electron chi connectivity index (χ4n) is 1.65. The topological polar surface area (TPSA) is 114 Å². The number of carbonyl (C=O) groups excluding carboxylic acids is 1. The highest BCUT2D eigenvalue weighted by atomic mass is 79.9. The van der Waals surface area contributed by atoms with E-state index in [1.54, 1.807) is 12.1 Å². The molecule has 0 spiro atoms. The first-order chi connectivity index (χ1) is 11.5. The Hall–Kier alpha value is -2.94. The number of rotatable bonds is 6. The minimum Gasteiger partial charge on any atom is -0.507 e. The lowest BCUT2D eigenvalue weighted by molar-refractivity contribution is -0.384. The van der Waals surface area contributed by atoms with E-state index in [1.807, 2.05) is 0 Å². The quantitative estimate of drug-likeness (QED) is 0.444. The molecule has 2 aromatic rings. The molecule has 0 aliphatic rings. The summed E-state index contributed by atoms with van der Waals surface area (Å²) < 4.78 is 5.94. The van der Waals surface area contributed by atoms with Crippen LogP contribution in [0.3, 0.4) is 0 Å². The van der Waals surface area contributed by atoms with Gasteiger partial charge in [-0.15, -0.1) is 0 Å². The number of nitro groups is 1. The van der Waals surface area contributed by atoms with Gasteiger partial charge in [-0.05, 0) is 30.3 Å². The Morgan fingerprint density at radius 3 is 2.71 bits per heavy atom. The predicted octanol–water partition coefficient (Wildman–Crippen LogP) is 2.59. The van der Waals surface area contributed by atoms with Gasteiger partial charge < -0.3 is 9.84 Å². The largest absolute Gasteiger partial charge is 0.507 e. The van der Waals surface area contributed by atoms with Crippen molar-refractivity contribution in [3.05, 3.63) is 62.6 Å². The van der Waals surface area contributed by atoms with E-state index in [2.05, 4.69) is 26.5 Å². The first-order valence-corrected chi connectivity index (χ1v) is 7.42. The molecule has 2 aromatic carbocycles. The van der Waals surface area contributed by atoms with Crippen molar-refractivity contribution in [2.24, 2.45) is 5.10 Å². The molecule has 0 fully saturated rings. The number of hydrogen-bond acceptors (Lipinski definition) is 6. The molecule has 2 rings (SSSR count). The Morgan fingerprint density at radius 1 is 1.33 bits per heavy atom. The molecule has 124 valence electrons. The summed E-state index contributed by atoms with van der Waals surface area (Å²) in [5, 5.41) is 23.9. The van der Waals surface area contributed by atoms with Crippen molar-refractivity contribution in [1.82, 2.24) is 5.43 Å². The van der Waals surface area contributed by atoms with Crippen LogP contribution in [0.5, 0.6) is 11.5 Å². The van der Waals surface area contributed by atoms with Crippen LogP contribution in [0.15, 0.2) is 52.0 Å². The van der Waals surface area contributed by atoms with Crippen LogP contribution in [0.25, 0.3) is 0 Å². The highest BCUT2D eigenvalue weighted by Gasteiger charge is 2.06. The number of benzene rings is 2. The van der Waals surface area contributed by atoms with E-state index in [0.29, 0.717) is 11.3 Å². The number of ether oxygens (including phenoxy) is 1. The van der Waals surface area contributed by atoms with Crippen LogP contribution >= 0.6 is 15.9 Å². The number of nitrogens with one attached hydrogen (secondary N) is 1. The lowest BCUT2D eigenvalue weighted by atomic mass is 10.2. The molecule has 9 heteroatoms. The van der Waals surface area contributed by atoms with E-state index in [-0.39, 0.29) is 18.0 Å². The Bertz CT molecular complexity index is 777. The van der Waals surface area contributed by atoms with Crippen molar-refractivity contribution >= 4 is 33.7 Å². The summed E-state index contributed by atoms with van der Waals surface area (Å²) in [6.45, 7) is -0.306. The molecule has 24 heavy (non-hydrogen) atoms. The van der Waals surface area contributed by atoms with Gasteiger partial charge in [0.25, 0.3) is 11.6 Å². The number of amides is 1. The van der Waals surface area contributed by atoms with E-state index in [0.717, 1.165) is 4.47 Å². The third-order valence-electron chi connectivity index (χ3n) is 2.80. The number of carbonyl (C=O) groups is 1. The van der Waals surface area contributed by atoms with Gasteiger partial charge in [0.2, 0.25) is 0 Å². The van der Waals surface area contributed by atoms with Crippen molar-refractivity contribution in [3.8, 4) is 11.5 Å². The Kier molecular flexibility index (Phi) is 5.85. The van der Waals surface area contributed by atoms with Gasteiger partial charge in [-0.1, -0.05) is 15.9 Å². The summed E-state index contributed by atoms with van der Waals surface area (Å²) in [4.78, 5) is 21.6. The Balaban J connectivity index is 1.84. The maximum Gasteiger partial charge on any atom is 0.277 e. The molecule has 1 amide bonds. The fourth-order valence-corrected chi connectivity index (χ4v) is 2.03. The molecule has 0 atom stereocenters. The minimum atomic E-state index is -0.525. The fraction of sp³-hybridized carbons (Fsp3) is 0.0667. The van der Waals surface area contributed by atoms with Gasteiger partial charge in [0.1, 0.15) is 11.5 Å². The van der Waals surface area contributed by atoms with E-state index in [4.69, 9.17) is 4.74 Å². The van der Waals surface area contributed by atoms with Crippen LogP contribution in [-0.4, -0.2) is 28.8 Å². The van der Waals surface area contributed by atoms with Crippen LogP contribution in [0.2, 0.25) is 0 Å². The number of hydrogen-bond donors (Lipinski definition) is 2. The van der Waals surface area contributed by atoms with Crippen molar-refractivity contribution in [3.63, 3.8) is 0 Å². The predicted molar refractivity (Wildman–Crippen MR) is 90.1 cm³/mol. The number of halogens is 1. The zero-order valence-corrected chi connectivity index (χ0v) is 13.8. The van der Waals surface area contributed by atoms with Gasteiger partial charge in [0.05, 0.1) is 11.1 Å². The summed E-state index contributed by atoms with van der Waals surface area (Å²) >= 11 is 3.26. The molecule has 0 radical (unpaired) electrons. The van der Waals surface area contributed by atoms with Crippen molar-refractivity contribution in [1.29, 1.82) is 0 Å². The summed E-state index contributed by atoms with van der Waals surface area (Å²) in [5.41, 5.74) is 2.62. The van der Waals surface area contributed by atoms with E-state index < -0.39 is 10.8 Å². The molecule has 0 saturated heterocycles. The van der Waals surface area contributed by atoms with Crippen LogP contribution in [0, 0.1) is 10.1 Å². The molecule has 0 saturated carbocycles.